The number of carbonyl (C=O) groups excluding carboxylic acids is 1. The van der Waals surface area contributed by atoms with E-state index >= 15 is 0 Å². The Morgan fingerprint density at radius 3 is 2.40 bits per heavy atom. The number of halogens is 1. The van der Waals surface area contributed by atoms with E-state index in [-0.39, 0.29) is 18.3 Å². The van der Waals surface area contributed by atoms with E-state index < -0.39 is 6.04 Å². The summed E-state index contributed by atoms with van der Waals surface area (Å²) in [5, 5.41) is 0. The summed E-state index contributed by atoms with van der Waals surface area (Å²) in [5.74, 6) is 0.314. The Kier molecular flexibility index (Phi) is 3.68. The molecule has 0 unspecified atom stereocenters. The lowest BCUT2D eigenvalue weighted by Crippen LogP contribution is -2.36. The van der Waals surface area contributed by atoms with Gasteiger partial charge in [-0.05, 0) is 12.3 Å². The zero-order valence-corrected chi connectivity index (χ0v) is 6.56. The zero-order chi connectivity index (χ0) is 6.85. The van der Waals surface area contributed by atoms with E-state index in [1.807, 2.05) is 0 Å². The van der Waals surface area contributed by atoms with Crippen molar-refractivity contribution in [1.29, 1.82) is 0 Å². The molecule has 1 aliphatic rings. The summed E-state index contributed by atoms with van der Waals surface area (Å²) in [4.78, 5) is 10.4. The molecule has 0 bridgehead atoms. The van der Waals surface area contributed by atoms with Crippen molar-refractivity contribution in [3.05, 3.63) is 0 Å². The first-order valence-electron chi connectivity index (χ1n) is 3.25. The van der Waals surface area contributed by atoms with Gasteiger partial charge in [0.2, 0.25) is 5.91 Å². The van der Waals surface area contributed by atoms with E-state index in [0.29, 0.717) is 5.92 Å². The van der Waals surface area contributed by atoms with Crippen molar-refractivity contribution in [3.8, 4) is 0 Å². The van der Waals surface area contributed by atoms with Crippen molar-refractivity contribution in [2.75, 3.05) is 0 Å². The molecule has 0 aromatic carbocycles. The molecule has 1 fully saturated rings. The maximum Gasteiger partial charge on any atom is 0.234 e. The van der Waals surface area contributed by atoms with Crippen LogP contribution in [-0.2, 0) is 4.79 Å². The van der Waals surface area contributed by atoms with Crippen LogP contribution in [0.3, 0.4) is 0 Å². The Labute approximate surface area is 66.6 Å². The van der Waals surface area contributed by atoms with Crippen LogP contribution in [0.1, 0.15) is 19.3 Å². The van der Waals surface area contributed by atoms with Gasteiger partial charge in [0.1, 0.15) is 0 Å². The third kappa shape index (κ3) is 3.03. The lowest BCUT2D eigenvalue weighted by molar-refractivity contribution is -0.119. The van der Waals surface area contributed by atoms with Gasteiger partial charge in [-0.3, -0.25) is 4.79 Å². The molecule has 1 amide bonds. The van der Waals surface area contributed by atoms with Crippen LogP contribution in [0.4, 0.5) is 0 Å². The summed E-state index contributed by atoms with van der Waals surface area (Å²) >= 11 is 0. The first kappa shape index (κ1) is 9.72. The van der Waals surface area contributed by atoms with Gasteiger partial charge in [-0.15, -0.1) is 12.4 Å². The van der Waals surface area contributed by atoms with Crippen LogP contribution >= 0.6 is 12.4 Å². The second-order valence-corrected chi connectivity index (χ2v) is 2.69. The molecule has 60 valence electrons. The lowest BCUT2D eigenvalue weighted by Gasteiger charge is -2.03. The highest BCUT2D eigenvalue weighted by Gasteiger charge is 2.25. The van der Waals surface area contributed by atoms with Crippen LogP contribution in [0.5, 0.6) is 0 Å². The predicted octanol–water partition coefficient (Wildman–Crippen LogP) is 0.0209. The van der Waals surface area contributed by atoms with E-state index in [4.69, 9.17) is 11.5 Å². The molecule has 0 radical (unpaired) electrons. The highest BCUT2D eigenvalue weighted by Crippen LogP contribution is 2.32. The SMILES string of the molecule is Cl.NC(=O)[C@@H](N)CC1CC1. The number of rotatable bonds is 3. The van der Waals surface area contributed by atoms with Crippen molar-refractivity contribution < 1.29 is 4.79 Å². The molecule has 1 atom stereocenters. The van der Waals surface area contributed by atoms with E-state index in [1.165, 1.54) is 12.8 Å². The van der Waals surface area contributed by atoms with Crippen LogP contribution in [0.15, 0.2) is 0 Å². The average Bonchev–Trinajstić information content (AvgIpc) is 2.50. The van der Waals surface area contributed by atoms with Gasteiger partial charge >= 0.3 is 0 Å². The Morgan fingerprint density at radius 2 is 2.10 bits per heavy atom. The molecule has 0 saturated heterocycles. The summed E-state index contributed by atoms with van der Waals surface area (Å²) in [6.45, 7) is 0. The number of nitrogens with two attached hydrogens (primary N) is 2. The third-order valence-electron chi connectivity index (χ3n) is 1.65. The summed E-state index contributed by atoms with van der Waals surface area (Å²) in [7, 11) is 0. The number of carbonyl (C=O) groups is 1. The number of hydrogen-bond donors (Lipinski definition) is 2. The molecule has 1 saturated carbocycles. The molecule has 0 heterocycles. The topological polar surface area (TPSA) is 69.1 Å². The number of amides is 1. The van der Waals surface area contributed by atoms with Crippen molar-refractivity contribution in [2.24, 2.45) is 17.4 Å². The maximum absolute atomic E-state index is 10.4. The van der Waals surface area contributed by atoms with Gasteiger partial charge in [0.05, 0.1) is 6.04 Å². The van der Waals surface area contributed by atoms with Crippen LogP contribution in [-0.4, -0.2) is 11.9 Å². The van der Waals surface area contributed by atoms with Gasteiger partial charge in [-0.25, -0.2) is 0 Å². The minimum atomic E-state index is -0.405. The van der Waals surface area contributed by atoms with Crippen molar-refractivity contribution >= 4 is 18.3 Å². The molecule has 1 rings (SSSR count). The Bertz CT molecular complexity index is 125. The molecule has 1 aliphatic carbocycles. The van der Waals surface area contributed by atoms with Gasteiger partial charge in [-0.1, -0.05) is 12.8 Å². The average molecular weight is 165 g/mol. The van der Waals surface area contributed by atoms with Gasteiger partial charge in [0, 0.05) is 0 Å². The highest BCUT2D eigenvalue weighted by molar-refractivity contribution is 5.85. The molecule has 4 heteroatoms. The first-order valence-corrected chi connectivity index (χ1v) is 3.25. The molecule has 10 heavy (non-hydrogen) atoms. The maximum atomic E-state index is 10.4. The summed E-state index contributed by atoms with van der Waals surface area (Å²) in [5.41, 5.74) is 10.3. The Hall–Kier alpha value is -0.280. The van der Waals surface area contributed by atoms with Gasteiger partial charge in [-0.2, -0.15) is 0 Å². The minimum absolute atomic E-state index is 0. The number of primary amides is 1. The van der Waals surface area contributed by atoms with Crippen molar-refractivity contribution in [1.82, 2.24) is 0 Å². The smallest absolute Gasteiger partial charge is 0.234 e. The second-order valence-electron chi connectivity index (χ2n) is 2.69. The minimum Gasteiger partial charge on any atom is -0.368 e. The standard InChI is InChI=1S/C6H12N2O.ClH/c7-5(6(8)9)3-4-1-2-4;/h4-5H,1-3,7H2,(H2,8,9);1H/t5-;/m0./s1. The van der Waals surface area contributed by atoms with Gasteiger partial charge in [0.25, 0.3) is 0 Å². The molecule has 4 N–H and O–H groups in total. The lowest BCUT2D eigenvalue weighted by atomic mass is 10.1. The van der Waals surface area contributed by atoms with Gasteiger partial charge < -0.3 is 11.5 Å². The zero-order valence-electron chi connectivity index (χ0n) is 5.75. The molecule has 0 aromatic rings. The van der Waals surface area contributed by atoms with E-state index in [2.05, 4.69) is 0 Å². The normalized spacial score (nSPS) is 19.3. The largest absolute Gasteiger partial charge is 0.368 e. The molecule has 3 nitrogen and oxygen atoms in total. The summed E-state index contributed by atoms with van der Waals surface area (Å²) in [6.07, 6.45) is 3.23. The molecular weight excluding hydrogens is 152 g/mol. The van der Waals surface area contributed by atoms with E-state index in [0.717, 1.165) is 6.42 Å². The van der Waals surface area contributed by atoms with E-state index in [9.17, 15) is 4.79 Å². The van der Waals surface area contributed by atoms with Crippen LogP contribution < -0.4 is 11.5 Å². The van der Waals surface area contributed by atoms with Crippen LogP contribution in [0.25, 0.3) is 0 Å². The van der Waals surface area contributed by atoms with E-state index in [1.54, 1.807) is 0 Å². The highest BCUT2D eigenvalue weighted by atomic mass is 35.5. The molecular formula is C6H13ClN2O. The number of hydrogen-bond acceptors (Lipinski definition) is 2. The van der Waals surface area contributed by atoms with Crippen LogP contribution in [0.2, 0.25) is 0 Å². The monoisotopic (exact) mass is 164 g/mol. The molecule has 0 aromatic heterocycles. The van der Waals surface area contributed by atoms with Crippen molar-refractivity contribution in [3.63, 3.8) is 0 Å². The van der Waals surface area contributed by atoms with Gasteiger partial charge in [0.15, 0.2) is 0 Å². The fraction of sp³-hybridized carbons (Fsp3) is 0.833. The fourth-order valence-electron chi connectivity index (χ4n) is 0.829. The quantitative estimate of drug-likeness (QED) is 0.618. The van der Waals surface area contributed by atoms with Crippen LogP contribution in [0, 0.1) is 5.92 Å². The van der Waals surface area contributed by atoms with Crippen molar-refractivity contribution in [2.45, 2.75) is 25.3 Å². The Balaban J connectivity index is 0.000000810. The summed E-state index contributed by atoms with van der Waals surface area (Å²) in [6, 6.07) is -0.405. The second kappa shape index (κ2) is 3.78. The summed E-state index contributed by atoms with van der Waals surface area (Å²) < 4.78 is 0. The predicted molar refractivity (Wildman–Crippen MR) is 41.8 cm³/mol. The molecule has 0 spiro atoms. The third-order valence-corrected chi connectivity index (χ3v) is 1.65. The first-order chi connectivity index (χ1) is 4.20. The fourth-order valence-corrected chi connectivity index (χ4v) is 0.829. The Morgan fingerprint density at radius 1 is 1.60 bits per heavy atom. The molecule has 0 aliphatic heterocycles.